The van der Waals surface area contributed by atoms with E-state index in [2.05, 4.69) is 33.0 Å². The third-order valence-electron chi connectivity index (χ3n) is 5.03. The van der Waals surface area contributed by atoms with E-state index in [9.17, 15) is 9.18 Å². The molecule has 1 fully saturated rings. The maximum absolute atomic E-state index is 12.5. The van der Waals surface area contributed by atoms with Gasteiger partial charge in [0.2, 0.25) is 5.91 Å². The summed E-state index contributed by atoms with van der Waals surface area (Å²) in [6.07, 6.45) is 3.56. The summed E-state index contributed by atoms with van der Waals surface area (Å²) in [5.41, 5.74) is 8.99. The number of carbonyl (C=O) groups is 1. The Morgan fingerprint density at radius 2 is 1.91 bits per heavy atom. The molecule has 2 heterocycles. The number of primary amides is 1. The van der Waals surface area contributed by atoms with Crippen molar-refractivity contribution in [3.8, 4) is 0 Å². The zero-order valence-corrected chi connectivity index (χ0v) is 18.2. The highest BCUT2D eigenvalue weighted by atomic mass is 19.1. The van der Waals surface area contributed by atoms with E-state index < -0.39 is 5.91 Å². The van der Waals surface area contributed by atoms with Gasteiger partial charge in [0.25, 0.3) is 0 Å². The number of amides is 1. The minimum Gasteiger partial charge on any atom is -0.378 e. The van der Waals surface area contributed by atoms with Gasteiger partial charge in [-0.3, -0.25) is 4.79 Å². The van der Waals surface area contributed by atoms with Crippen LogP contribution in [-0.4, -0.2) is 45.8 Å². The molecule has 0 saturated carbocycles. The average Bonchev–Trinajstić information content (AvgIpc) is 2.81. The van der Waals surface area contributed by atoms with Gasteiger partial charge in [0, 0.05) is 43.1 Å². The number of dihydropyridines is 1. The fourth-order valence-electron chi connectivity index (χ4n) is 3.33. The lowest BCUT2D eigenvalue weighted by molar-refractivity contribution is -0.114. The molecule has 0 aromatic heterocycles. The Morgan fingerprint density at radius 3 is 2.50 bits per heavy atom. The second-order valence-corrected chi connectivity index (χ2v) is 7.42. The summed E-state index contributed by atoms with van der Waals surface area (Å²) in [6, 6.07) is 14.8. The average molecular weight is 440 g/mol. The van der Waals surface area contributed by atoms with E-state index in [0.717, 1.165) is 49.9 Å². The molecule has 7 nitrogen and oxygen atoms in total. The van der Waals surface area contributed by atoms with Crippen LogP contribution in [0.2, 0.25) is 0 Å². The number of nitrogens with one attached hydrogen (secondary N) is 3. The number of carbonyl (C=O) groups excluding carboxylic acids is 1. The molecule has 1 saturated heterocycles. The van der Waals surface area contributed by atoms with E-state index >= 15 is 0 Å². The highest BCUT2D eigenvalue weighted by Crippen LogP contribution is 2.20. The zero-order chi connectivity index (χ0) is 22.8. The molecule has 8 heteroatoms. The smallest absolute Gasteiger partial charge is 0.246 e. The largest absolute Gasteiger partial charge is 0.378 e. The van der Waals surface area contributed by atoms with Gasteiger partial charge in [-0.2, -0.15) is 0 Å². The summed E-state index contributed by atoms with van der Waals surface area (Å²) in [5.74, 6) is 0.287. The number of nitrogens with zero attached hydrogens (tertiary/aromatic N) is 1. The van der Waals surface area contributed by atoms with E-state index in [1.807, 2.05) is 31.3 Å². The van der Waals surface area contributed by atoms with Gasteiger partial charge in [-0.05, 0) is 61.2 Å². The summed E-state index contributed by atoms with van der Waals surface area (Å²) in [7, 11) is 1.84. The van der Waals surface area contributed by atoms with E-state index in [4.69, 9.17) is 10.5 Å². The first-order chi connectivity index (χ1) is 15.5. The van der Waals surface area contributed by atoms with E-state index in [0.29, 0.717) is 12.1 Å². The first-order valence-corrected chi connectivity index (χ1v) is 10.6. The lowest BCUT2D eigenvalue weighted by Crippen LogP contribution is -2.36. The normalized spacial score (nSPS) is 15.5. The fraction of sp³-hybridized carbons (Fsp3) is 0.292. The monoisotopic (exact) mass is 439 g/mol. The van der Waals surface area contributed by atoms with Crippen molar-refractivity contribution in [3.63, 3.8) is 0 Å². The number of hydrogen-bond donors (Lipinski definition) is 4. The maximum atomic E-state index is 12.5. The second-order valence-electron chi connectivity index (χ2n) is 7.42. The Balaban J connectivity index is 0.000000243. The summed E-state index contributed by atoms with van der Waals surface area (Å²) < 4.78 is 17.8. The standard InChI is InChI=1S/C16H20N4O2.C8H10FN/c17-16(21)12-1-6-15(18-11-12)19-13-2-4-14(5-3-13)20-7-9-22-10-8-20;1-10-6-7-3-2-4-8(9)5-7/h1-6,18-19H,7-11H2,(H2,17,21);2-5,10H,6H2,1H3. The molecule has 2 aliphatic heterocycles. The van der Waals surface area contributed by atoms with Crippen molar-refractivity contribution < 1.29 is 13.9 Å². The number of hydrogen-bond acceptors (Lipinski definition) is 6. The van der Waals surface area contributed by atoms with Crippen molar-refractivity contribution in [2.24, 2.45) is 5.73 Å². The van der Waals surface area contributed by atoms with Crippen LogP contribution in [0.3, 0.4) is 0 Å². The molecule has 2 aromatic carbocycles. The number of ether oxygens (including phenoxy) is 1. The summed E-state index contributed by atoms with van der Waals surface area (Å²) in [5, 5.41) is 9.36. The topological polar surface area (TPSA) is 91.6 Å². The molecule has 4 rings (SSSR count). The summed E-state index contributed by atoms with van der Waals surface area (Å²) in [6.45, 7) is 4.59. The van der Waals surface area contributed by atoms with Crippen LogP contribution in [0.25, 0.3) is 0 Å². The number of benzene rings is 2. The molecule has 0 radical (unpaired) electrons. The molecule has 0 aliphatic carbocycles. The molecule has 1 amide bonds. The Labute approximate surface area is 188 Å². The van der Waals surface area contributed by atoms with Crippen LogP contribution >= 0.6 is 0 Å². The molecule has 2 aromatic rings. The van der Waals surface area contributed by atoms with Crippen LogP contribution in [0.4, 0.5) is 15.8 Å². The zero-order valence-electron chi connectivity index (χ0n) is 18.2. The molecular formula is C24H30FN5O2. The van der Waals surface area contributed by atoms with Crippen molar-refractivity contribution in [1.29, 1.82) is 0 Å². The lowest BCUT2D eigenvalue weighted by Gasteiger charge is -2.29. The third-order valence-corrected chi connectivity index (χ3v) is 5.03. The van der Waals surface area contributed by atoms with Gasteiger partial charge >= 0.3 is 0 Å². The van der Waals surface area contributed by atoms with Crippen LogP contribution in [0.1, 0.15) is 5.56 Å². The number of halogens is 1. The molecule has 170 valence electrons. The Bertz CT molecular complexity index is 953. The number of morpholine rings is 1. The van der Waals surface area contributed by atoms with Gasteiger partial charge in [-0.25, -0.2) is 4.39 Å². The Hall–Kier alpha value is -3.36. The van der Waals surface area contributed by atoms with Gasteiger partial charge in [-0.15, -0.1) is 0 Å². The van der Waals surface area contributed by atoms with Gasteiger partial charge in [0.15, 0.2) is 0 Å². The van der Waals surface area contributed by atoms with Crippen molar-refractivity contribution in [3.05, 3.63) is 83.5 Å². The van der Waals surface area contributed by atoms with E-state index in [1.165, 1.54) is 17.8 Å². The predicted molar refractivity (Wildman–Crippen MR) is 126 cm³/mol. The molecule has 0 unspecified atom stereocenters. The quantitative estimate of drug-likeness (QED) is 0.552. The third kappa shape index (κ3) is 7.11. The lowest BCUT2D eigenvalue weighted by atomic mass is 10.2. The fourth-order valence-corrected chi connectivity index (χ4v) is 3.33. The molecule has 32 heavy (non-hydrogen) atoms. The first kappa shape index (κ1) is 23.3. The Morgan fingerprint density at radius 1 is 1.16 bits per heavy atom. The Kier molecular flexibility index (Phi) is 8.65. The van der Waals surface area contributed by atoms with E-state index in [1.54, 1.807) is 12.1 Å². The molecule has 5 N–H and O–H groups in total. The van der Waals surface area contributed by atoms with Crippen LogP contribution in [0.5, 0.6) is 0 Å². The van der Waals surface area contributed by atoms with Crippen LogP contribution in [-0.2, 0) is 16.1 Å². The molecule has 0 bridgehead atoms. The highest BCUT2D eigenvalue weighted by molar-refractivity contribution is 5.93. The van der Waals surface area contributed by atoms with Crippen molar-refractivity contribution in [2.75, 3.05) is 50.1 Å². The molecule has 0 atom stereocenters. The van der Waals surface area contributed by atoms with Crippen LogP contribution in [0.15, 0.2) is 72.1 Å². The molecular weight excluding hydrogens is 409 g/mol. The van der Waals surface area contributed by atoms with Gasteiger partial charge < -0.3 is 31.3 Å². The number of anilines is 2. The maximum Gasteiger partial charge on any atom is 0.246 e. The number of nitrogens with two attached hydrogens (primary N) is 1. The number of allylic oxidation sites excluding steroid dienone is 2. The molecule has 2 aliphatic rings. The van der Waals surface area contributed by atoms with Crippen molar-refractivity contribution in [2.45, 2.75) is 6.54 Å². The van der Waals surface area contributed by atoms with Crippen molar-refractivity contribution in [1.82, 2.24) is 10.6 Å². The summed E-state index contributed by atoms with van der Waals surface area (Å²) >= 11 is 0. The number of rotatable bonds is 6. The van der Waals surface area contributed by atoms with E-state index in [-0.39, 0.29) is 5.82 Å². The van der Waals surface area contributed by atoms with Gasteiger partial charge in [-0.1, -0.05) is 12.1 Å². The van der Waals surface area contributed by atoms with Gasteiger partial charge in [0.1, 0.15) is 11.6 Å². The highest BCUT2D eigenvalue weighted by Gasteiger charge is 2.12. The second kappa shape index (κ2) is 11.9. The van der Waals surface area contributed by atoms with Gasteiger partial charge in [0.05, 0.1) is 13.2 Å². The first-order valence-electron chi connectivity index (χ1n) is 10.6. The van der Waals surface area contributed by atoms with Crippen molar-refractivity contribution >= 4 is 17.3 Å². The van der Waals surface area contributed by atoms with Crippen LogP contribution < -0.4 is 26.6 Å². The summed E-state index contributed by atoms with van der Waals surface area (Å²) in [4.78, 5) is 13.4. The van der Waals surface area contributed by atoms with Crippen LogP contribution in [0, 0.1) is 5.82 Å². The predicted octanol–water partition coefficient (Wildman–Crippen LogP) is 2.34. The minimum atomic E-state index is -0.391. The minimum absolute atomic E-state index is 0.173. The SMILES string of the molecule is CNCc1cccc(F)c1.NC(=O)C1=CC=C(Nc2ccc(N3CCOCC3)cc2)NC1. The molecule has 0 spiro atoms.